The van der Waals surface area contributed by atoms with Crippen LogP contribution >= 0.6 is 0 Å². The van der Waals surface area contributed by atoms with Crippen LogP contribution in [0, 0.1) is 5.92 Å². The molecular weight excluding hydrogens is 234 g/mol. The van der Waals surface area contributed by atoms with Gasteiger partial charge in [-0.25, -0.2) is 0 Å². The first-order valence-electron chi connectivity index (χ1n) is 6.95. The number of allylic oxidation sites excluding steroid dienone is 2. The van der Waals surface area contributed by atoms with Gasteiger partial charge in [0, 0.05) is 12.0 Å². The molecule has 2 heteroatoms. The van der Waals surface area contributed by atoms with Gasteiger partial charge in [0.25, 0.3) is 0 Å². The highest BCUT2D eigenvalue weighted by molar-refractivity contribution is 5.43. The van der Waals surface area contributed by atoms with Gasteiger partial charge in [-0.05, 0) is 50.1 Å². The van der Waals surface area contributed by atoms with Crippen LogP contribution in [0.4, 0.5) is 0 Å². The Morgan fingerprint density at radius 1 is 1.21 bits per heavy atom. The van der Waals surface area contributed by atoms with Crippen molar-refractivity contribution < 1.29 is 4.74 Å². The largest absolute Gasteiger partial charge is 0.496 e. The fourth-order valence-corrected chi connectivity index (χ4v) is 2.84. The predicted octanol–water partition coefficient (Wildman–Crippen LogP) is 3.48. The van der Waals surface area contributed by atoms with Gasteiger partial charge in [0.15, 0.2) is 0 Å². The van der Waals surface area contributed by atoms with E-state index in [-0.39, 0.29) is 0 Å². The highest BCUT2D eigenvalue weighted by Crippen LogP contribution is 2.32. The molecule has 1 aromatic carbocycles. The molecule has 2 atom stereocenters. The summed E-state index contributed by atoms with van der Waals surface area (Å²) in [5, 5.41) is 3.51. The molecule has 0 unspecified atom stereocenters. The topological polar surface area (TPSA) is 21.3 Å². The predicted molar refractivity (Wildman–Crippen MR) is 80.4 cm³/mol. The van der Waals surface area contributed by atoms with Gasteiger partial charge >= 0.3 is 0 Å². The summed E-state index contributed by atoms with van der Waals surface area (Å²) >= 11 is 0. The molecule has 0 saturated heterocycles. The summed E-state index contributed by atoms with van der Waals surface area (Å²) in [6.07, 6.45) is 10.6. The van der Waals surface area contributed by atoms with Crippen molar-refractivity contribution >= 4 is 0 Å². The third kappa shape index (κ3) is 3.01. The Morgan fingerprint density at radius 3 is 2.74 bits per heavy atom. The monoisotopic (exact) mass is 257 g/mol. The minimum atomic E-state index is 0.441. The molecule has 0 radical (unpaired) electrons. The first kappa shape index (κ1) is 13.7. The Morgan fingerprint density at radius 2 is 2.05 bits per heavy atom. The Bertz CT molecular complexity index is 476. The van der Waals surface area contributed by atoms with Crippen molar-refractivity contribution in [2.45, 2.75) is 32.7 Å². The van der Waals surface area contributed by atoms with E-state index < -0.39 is 0 Å². The van der Waals surface area contributed by atoms with Crippen LogP contribution in [0.2, 0.25) is 0 Å². The molecule has 1 aliphatic carbocycles. The molecule has 1 N–H and O–H groups in total. The molecule has 1 aromatic rings. The zero-order chi connectivity index (χ0) is 13.7. The van der Waals surface area contributed by atoms with Crippen molar-refractivity contribution in [1.82, 2.24) is 5.32 Å². The van der Waals surface area contributed by atoms with Crippen LogP contribution in [0.25, 0.3) is 0 Å². The summed E-state index contributed by atoms with van der Waals surface area (Å²) in [6.45, 7) is 4.13. The first-order chi connectivity index (χ1) is 9.30. The van der Waals surface area contributed by atoms with Gasteiger partial charge in [-0.1, -0.05) is 30.4 Å². The van der Waals surface area contributed by atoms with E-state index in [1.54, 1.807) is 7.11 Å². The lowest BCUT2D eigenvalue weighted by atomic mass is 9.79. The highest BCUT2D eigenvalue weighted by Gasteiger charge is 2.27. The summed E-state index contributed by atoms with van der Waals surface area (Å²) in [4.78, 5) is 0. The smallest absolute Gasteiger partial charge is 0.122 e. The molecule has 2 nitrogen and oxygen atoms in total. The Balaban J connectivity index is 2.30. The third-order valence-electron chi connectivity index (χ3n) is 3.76. The molecule has 0 saturated carbocycles. The highest BCUT2D eigenvalue weighted by atomic mass is 16.5. The summed E-state index contributed by atoms with van der Waals surface area (Å²) < 4.78 is 5.50. The van der Waals surface area contributed by atoms with Crippen LogP contribution < -0.4 is 10.1 Å². The van der Waals surface area contributed by atoms with Crippen molar-refractivity contribution in [2.24, 2.45) is 5.92 Å². The quantitative estimate of drug-likeness (QED) is 0.834. The van der Waals surface area contributed by atoms with Crippen LogP contribution in [0.5, 0.6) is 5.75 Å². The fraction of sp³-hybridized carbons (Fsp3) is 0.412. The van der Waals surface area contributed by atoms with Gasteiger partial charge < -0.3 is 10.1 Å². The molecule has 0 aromatic heterocycles. The SMILES string of the molecule is CC=CN[C@H]1Cc2c(cccc2OC)C[C@H]1C=CC. The number of methoxy groups -OCH3 is 1. The first-order valence-corrected chi connectivity index (χ1v) is 6.95. The fourth-order valence-electron chi connectivity index (χ4n) is 2.84. The van der Waals surface area contributed by atoms with E-state index in [4.69, 9.17) is 4.74 Å². The van der Waals surface area contributed by atoms with Crippen molar-refractivity contribution in [3.63, 3.8) is 0 Å². The van der Waals surface area contributed by atoms with E-state index in [9.17, 15) is 0 Å². The summed E-state index contributed by atoms with van der Waals surface area (Å²) in [6, 6.07) is 6.81. The van der Waals surface area contributed by atoms with Gasteiger partial charge in [-0.15, -0.1) is 0 Å². The molecule has 0 heterocycles. The summed E-state index contributed by atoms with van der Waals surface area (Å²) in [7, 11) is 1.75. The molecule has 102 valence electrons. The molecular formula is C17H23NO. The number of hydrogen-bond donors (Lipinski definition) is 1. The second-order valence-electron chi connectivity index (χ2n) is 4.97. The van der Waals surface area contributed by atoms with E-state index in [1.165, 1.54) is 11.1 Å². The van der Waals surface area contributed by atoms with E-state index in [0.29, 0.717) is 12.0 Å². The van der Waals surface area contributed by atoms with Crippen LogP contribution in [0.15, 0.2) is 42.6 Å². The summed E-state index contributed by atoms with van der Waals surface area (Å²) in [5.74, 6) is 1.56. The lowest BCUT2D eigenvalue weighted by Crippen LogP contribution is -2.38. The van der Waals surface area contributed by atoms with Gasteiger partial charge in [0.1, 0.15) is 5.75 Å². The second-order valence-corrected chi connectivity index (χ2v) is 4.97. The number of ether oxygens (including phenoxy) is 1. The molecule has 0 spiro atoms. The average Bonchev–Trinajstić information content (AvgIpc) is 2.44. The molecule has 0 amide bonds. The van der Waals surface area contributed by atoms with Gasteiger partial charge in [0.2, 0.25) is 0 Å². The molecule has 1 aliphatic rings. The molecule has 0 bridgehead atoms. The standard InChI is InChI=1S/C17H23NO/c1-4-7-14-11-13-8-6-9-17(19-3)15(13)12-16(14)18-10-5-2/h4-10,14,16,18H,11-12H2,1-3H3/t14-,16+/m1/s1. The Labute approximate surface area is 116 Å². The number of nitrogens with one attached hydrogen (secondary N) is 1. The molecule has 0 fully saturated rings. The van der Waals surface area contributed by atoms with Crippen molar-refractivity contribution in [2.75, 3.05) is 7.11 Å². The third-order valence-corrected chi connectivity index (χ3v) is 3.76. The van der Waals surface area contributed by atoms with E-state index >= 15 is 0 Å². The minimum absolute atomic E-state index is 0.441. The van der Waals surface area contributed by atoms with E-state index in [0.717, 1.165) is 18.6 Å². The number of fused-ring (bicyclic) bond motifs is 1. The van der Waals surface area contributed by atoms with Crippen LogP contribution in [0.3, 0.4) is 0 Å². The maximum Gasteiger partial charge on any atom is 0.122 e. The number of hydrogen-bond acceptors (Lipinski definition) is 2. The normalized spacial score (nSPS) is 22.7. The lowest BCUT2D eigenvalue weighted by molar-refractivity contribution is 0.381. The van der Waals surface area contributed by atoms with Gasteiger partial charge in [-0.3, -0.25) is 0 Å². The lowest BCUT2D eigenvalue weighted by Gasteiger charge is -2.32. The van der Waals surface area contributed by atoms with Gasteiger partial charge in [0.05, 0.1) is 7.11 Å². The van der Waals surface area contributed by atoms with E-state index in [2.05, 4.69) is 42.6 Å². The summed E-state index contributed by atoms with van der Waals surface area (Å²) in [5.41, 5.74) is 2.77. The minimum Gasteiger partial charge on any atom is -0.496 e. The molecule has 0 aliphatic heterocycles. The maximum absolute atomic E-state index is 5.50. The van der Waals surface area contributed by atoms with Crippen molar-refractivity contribution in [3.05, 3.63) is 53.8 Å². The van der Waals surface area contributed by atoms with Crippen LogP contribution in [-0.2, 0) is 12.8 Å². The van der Waals surface area contributed by atoms with Crippen LogP contribution in [0.1, 0.15) is 25.0 Å². The van der Waals surface area contributed by atoms with Gasteiger partial charge in [-0.2, -0.15) is 0 Å². The molecule has 19 heavy (non-hydrogen) atoms. The molecule has 2 rings (SSSR count). The van der Waals surface area contributed by atoms with E-state index in [1.807, 2.05) is 19.2 Å². The van der Waals surface area contributed by atoms with Crippen LogP contribution in [-0.4, -0.2) is 13.2 Å². The van der Waals surface area contributed by atoms with Crippen molar-refractivity contribution in [3.8, 4) is 5.75 Å². The number of rotatable bonds is 4. The van der Waals surface area contributed by atoms with Crippen molar-refractivity contribution in [1.29, 1.82) is 0 Å². The maximum atomic E-state index is 5.50. The zero-order valence-electron chi connectivity index (χ0n) is 12.0. The Kier molecular flexibility index (Phi) is 4.67. The zero-order valence-corrected chi connectivity index (χ0v) is 12.0. The average molecular weight is 257 g/mol. The Hall–Kier alpha value is -1.70. The number of benzene rings is 1. The second kappa shape index (κ2) is 6.46.